The van der Waals surface area contributed by atoms with Crippen LogP contribution in [0.25, 0.3) is 10.9 Å². The zero-order valence-corrected chi connectivity index (χ0v) is 7.09. The van der Waals surface area contributed by atoms with Gasteiger partial charge < -0.3 is 10.3 Å². The van der Waals surface area contributed by atoms with E-state index in [2.05, 4.69) is 35.4 Å². The van der Waals surface area contributed by atoms with E-state index in [1.807, 2.05) is 12.1 Å². The maximum atomic E-state index is 3.29. The van der Waals surface area contributed by atoms with Crippen molar-refractivity contribution in [1.29, 1.82) is 0 Å². The van der Waals surface area contributed by atoms with Gasteiger partial charge in [0.15, 0.2) is 0 Å². The maximum Gasteiger partial charge on any atom is 0.104 e. The van der Waals surface area contributed by atoms with E-state index in [1.165, 1.54) is 10.9 Å². The number of H-pyrrole nitrogens is 1. The molecule has 62 valence electrons. The summed E-state index contributed by atoms with van der Waals surface area (Å²) in [4.78, 5) is 3.29. The molecule has 1 aromatic carbocycles. The fraction of sp³-hybridized carbons (Fsp3) is 0.200. The number of anilines is 1. The molecule has 0 bridgehead atoms. The fourth-order valence-corrected chi connectivity index (χ4v) is 1.36. The van der Waals surface area contributed by atoms with Crippen LogP contribution in [0.1, 0.15) is 6.92 Å². The van der Waals surface area contributed by atoms with E-state index in [4.69, 9.17) is 0 Å². The summed E-state index contributed by atoms with van der Waals surface area (Å²) < 4.78 is 0. The van der Waals surface area contributed by atoms with Crippen LogP contribution in [0.15, 0.2) is 30.3 Å². The predicted octanol–water partition coefficient (Wildman–Crippen LogP) is 2.60. The van der Waals surface area contributed by atoms with Crippen LogP contribution in [0.2, 0.25) is 0 Å². The van der Waals surface area contributed by atoms with Crippen molar-refractivity contribution in [3.8, 4) is 0 Å². The van der Waals surface area contributed by atoms with Crippen LogP contribution >= 0.6 is 0 Å². The lowest BCUT2D eigenvalue weighted by Crippen LogP contribution is -1.95. The topological polar surface area (TPSA) is 27.8 Å². The molecule has 0 aliphatic carbocycles. The molecule has 2 aromatic rings. The number of aromatic nitrogens is 1. The second-order valence-electron chi connectivity index (χ2n) is 2.80. The van der Waals surface area contributed by atoms with Gasteiger partial charge in [0.05, 0.1) is 0 Å². The van der Waals surface area contributed by atoms with Crippen LogP contribution in [0, 0.1) is 0 Å². The highest BCUT2D eigenvalue weighted by Crippen LogP contribution is 2.17. The molecule has 0 unspecified atom stereocenters. The summed E-state index contributed by atoms with van der Waals surface area (Å²) in [6, 6.07) is 10.4. The lowest BCUT2D eigenvalue weighted by Gasteiger charge is -1.95. The maximum absolute atomic E-state index is 3.29. The minimum absolute atomic E-state index is 0.951. The van der Waals surface area contributed by atoms with E-state index < -0.39 is 0 Å². The predicted molar refractivity (Wildman–Crippen MR) is 52.5 cm³/mol. The van der Waals surface area contributed by atoms with Gasteiger partial charge in [-0.05, 0) is 19.1 Å². The summed E-state index contributed by atoms with van der Waals surface area (Å²) in [5, 5.41) is 4.50. The molecule has 0 aliphatic heterocycles. The molecule has 2 nitrogen and oxygen atoms in total. The molecule has 0 fully saturated rings. The second kappa shape index (κ2) is 2.89. The van der Waals surface area contributed by atoms with Crippen molar-refractivity contribution in [3.63, 3.8) is 0 Å². The summed E-state index contributed by atoms with van der Waals surface area (Å²) in [5.41, 5.74) is 1.19. The Kier molecular flexibility index (Phi) is 1.74. The molecule has 0 radical (unpaired) electrons. The molecule has 2 N–H and O–H groups in total. The fourth-order valence-electron chi connectivity index (χ4n) is 1.36. The number of hydrogen-bond acceptors (Lipinski definition) is 1. The summed E-state index contributed by atoms with van der Waals surface area (Å²) in [5.74, 6) is 1.10. The minimum atomic E-state index is 0.951. The number of fused-ring (bicyclic) bond motifs is 1. The first-order valence-corrected chi connectivity index (χ1v) is 4.22. The Morgan fingerprint density at radius 3 is 2.92 bits per heavy atom. The zero-order chi connectivity index (χ0) is 8.39. The molecular weight excluding hydrogens is 148 g/mol. The van der Waals surface area contributed by atoms with E-state index in [1.54, 1.807) is 0 Å². The molecular formula is C10H12N2. The molecule has 12 heavy (non-hydrogen) atoms. The van der Waals surface area contributed by atoms with Crippen LogP contribution in [0.4, 0.5) is 5.82 Å². The average Bonchev–Trinajstić information content (AvgIpc) is 2.47. The van der Waals surface area contributed by atoms with E-state index in [9.17, 15) is 0 Å². The smallest absolute Gasteiger partial charge is 0.104 e. The van der Waals surface area contributed by atoms with Gasteiger partial charge in [-0.2, -0.15) is 0 Å². The molecule has 0 spiro atoms. The molecule has 0 saturated heterocycles. The number of hydrogen-bond donors (Lipinski definition) is 2. The molecule has 0 amide bonds. The van der Waals surface area contributed by atoms with E-state index in [0.29, 0.717) is 0 Å². The van der Waals surface area contributed by atoms with E-state index in [0.717, 1.165) is 12.4 Å². The first-order valence-electron chi connectivity index (χ1n) is 4.22. The summed E-state index contributed by atoms with van der Waals surface area (Å²) >= 11 is 0. The van der Waals surface area contributed by atoms with E-state index >= 15 is 0 Å². The van der Waals surface area contributed by atoms with Gasteiger partial charge in [-0.3, -0.25) is 0 Å². The number of nitrogens with one attached hydrogen (secondary N) is 2. The van der Waals surface area contributed by atoms with Gasteiger partial charge in [0.1, 0.15) is 5.82 Å². The Labute approximate surface area is 71.6 Å². The summed E-state index contributed by atoms with van der Waals surface area (Å²) in [6.45, 7) is 3.04. The molecule has 0 saturated carbocycles. The van der Waals surface area contributed by atoms with Gasteiger partial charge in [-0.1, -0.05) is 18.2 Å². The first kappa shape index (κ1) is 7.22. The Bertz CT molecular complexity index is 343. The van der Waals surface area contributed by atoms with Crippen LogP contribution in [-0.4, -0.2) is 11.5 Å². The van der Waals surface area contributed by atoms with Crippen LogP contribution in [0.3, 0.4) is 0 Å². The molecule has 0 atom stereocenters. The summed E-state index contributed by atoms with van der Waals surface area (Å²) in [7, 11) is 0. The highest BCUT2D eigenvalue weighted by molar-refractivity contribution is 5.83. The van der Waals surface area contributed by atoms with Gasteiger partial charge in [-0.15, -0.1) is 0 Å². The van der Waals surface area contributed by atoms with Crippen molar-refractivity contribution >= 4 is 16.7 Å². The van der Waals surface area contributed by atoms with Crippen molar-refractivity contribution in [1.82, 2.24) is 4.98 Å². The van der Waals surface area contributed by atoms with Crippen molar-refractivity contribution in [3.05, 3.63) is 30.3 Å². The average molecular weight is 160 g/mol. The highest BCUT2D eigenvalue weighted by atomic mass is 15.0. The monoisotopic (exact) mass is 160 g/mol. The quantitative estimate of drug-likeness (QED) is 0.694. The Morgan fingerprint density at radius 1 is 1.33 bits per heavy atom. The van der Waals surface area contributed by atoms with Crippen molar-refractivity contribution in [2.45, 2.75) is 6.92 Å². The SMILES string of the molecule is CCNc1cc2ccccc2[nH]1. The van der Waals surface area contributed by atoms with Gasteiger partial charge in [0.25, 0.3) is 0 Å². The van der Waals surface area contributed by atoms with Gasteiger partial charge in [0, 0.05) is 17.4 Å². The number of rotatable bonds is 2. The molecule has 1 aromatic heterocycles. The van der Waals surface area contributed by atoms with Crippen molar-refractivity contribution in [2.75, 3.05) is 11.9 Å². The van der Waals surface area contributed by atoms with Crippen molar-refractivity contribution in [2.24, 2.45) is 0 Å². The van der Waals surface area contributed by atoms with Crippen molar-refractivity contribution < 1.29 is 0 Å². The molecule has 1 heterocycles. The van der Waals surface area contributed by atoms with Crippen LogP contribution < -0.4 is 5.32 Å². The highest BCUT2D eigenvalue weighted by Gasteiger charge is 1.96. The zero-order valence-electron chi connectivity index (χ0n) is 7.09. The molecule has 2 rings (SSSR count). The standard InChI is InChI=1S/C10H12N2/c1-2-11-10-7-8-5-3-4-6-9(8)12-10/h3-7,11-12H,2H2,1H3. The Hall–Kier alpha value is -1.44. The number of benzene rings is 1. The lowest BCUT2D eigenvalue weighted by molar-refractivity contribution is 1.19. The number of aromatic amines is 1. The third kappa shape index (κ3) is 1.16. The van der Waals surface area contributed by atoms with Gasteiger partial charge >= 0.3 is 0 Å². The van der Waals surface area contributed by atoms with Crippen LogP contribution in [0.5, 0.6) is 0 Å². The largest absolute Gasteiger partial charge is 0.372 e. The van der Waals surface area contributed by atoms with Gasteiger partial charge in [-0.25, -0.2) is 0 Å². The first-order chi connectivity index (χ1) is 5.90. The van der Waals surface area contributed by atoms with E-state index in [-0.39, 0.29) is 0 Å². The summed E-state index contributed by atoms with van der Waals surface area (Å²) in [6.07, 6.45) is 0. The van der Waals surface area contributed by atoms with Gasteiger partial charge in [0.2, 0.25) is 0 Å². The second-order valence-corrected chi connectivity index (χ2v) is 2.80. The third-order valence-electron chi connectivity index (χ3n) is 1.90. The molecule has 2 heteroatoms. The van der Waals surface area contributed by atoms with Crippen LogP contribution in [-0.2, 0) is 0 Å². The minimum Gasteiger partial charge on any atom is -0.372 e. The third-order valence-corrected chi connectivity index (χ3v) is 1.90. The number of para-hydroxylation sites is 1. The lowest BCUT2D eigenvalue weighted by atomic mass is 10.2. The molecule has 0 aliphatic rings. The Balaban J connectivity index is 2.47. The normalized spacial score (nSPS) is 10.4. The Morgan fingerprint density at radius 2 is 2.17 bits per heavy atom.